The Bertz CT molecular complexity index is 1590. The van der Waals surface area contributed by atoms with E-state index in [2.05, 4.69) is 25.9 Å². The molecule has 1 aromatic carbocycles. The molecule has 2 amide bonds. The number of halogens is 1. The standard InChI is InChI=1S/C29H39BrN7O5S/c1-17(37(5,6)28(39)42-29(2,3)4)26(38)35-10-7-18(8-11-35)9-12-36-15-32-24(31)23-25(36)34-27(33-23)43-22-14-21-20(13-19(22)30)40-16-41-21/h13-15,17-18,31H,7-12,16H2,1-6H3,(H,33,34)/q+1/t17-/m1/s1. The Morgan fingerprint density at radius 2 is 1.91 bits per heavy atom. The number of benzene rings is 1. The molecule has 0 saturated carbocycles. The molecule has 4 heterocycles. The number of fused-ring (bicyclic) bond motifs is 2. The van der Waals surface area contributed by atoms with E-state index in [-0.39, 0.29) is 22.7 Å². The number of rotatable bonds is 7. The molecule has 14 heteroatoms. The predicted molar refractivity (Wildman–Crippen MR) is 164 cm³/mol. The minimum absolute atomic E-state index is 0.0312. The van der Waals surface area contributed by atoms with Gasteiger partial charge in [-0.05, 0) is 80.9 Å². The van der Waals surface area contributed by atoms with E-state index in [1.807, 2.05) is 42.4 Å². The number of nitrogens with zero attached hydrogens (tertiary/aromatic N) is 5. The van der Waals surface area contributed by atoms with Gasteiger partial charge in [0.1, 0.15) is 11.1 Å². The summed E-state index contributed by atoms with van der Waals surface area (Å²) < 4.78 is 19.2. The third-order valence-electron chi connectivity index (χ3n) is 8.03. The number of carbonyl (C=O) groups is 2. The van der Waals surface area contributed by atoms with Crippen molar-refractivity contribution in [2.75, 3.05) is 34.0 Å². The van der Waals surface area contributed by atoms with Gasteiger partial charge in [0, 0.05) is 29.0 Å². The van der Waals surface area contributed by atoms with E-state index < -0.39 is 17.7 Å². The molecule has 0 radical (unpaired) electrons. The molecule has 0 unspecified atom stereocenters. The summed E-state index contributed by atoms with van der Waals surface area (Å²) in [6.07, 6.45) is 3.92. The van der Waals surface area contributed by atoms with Crippen LogP contribution in [0.2, 0.25) is 0 Å². The van der Waals surface area contributed by atoms with Crippen molar-refractivity contribution in [3.8, 4) is 11.5 Å². The molecular weight excluding hydrogens is 638 g/mol. The Labute approximate surface area is 263 Å². The monoisotopic (exact) mass is 676 g/mol. The van der Waals surface area contributed by atoms with E-state index >= 15 is 0 Å². The molecule has 0 bridgehead atoms. The van der Waals surface area contributed by atoms with Crippen molar-refractivity contribution in [1.82, 2.24) is 24.4 Å². The second-order valence-electron chi connectivity index (χ2n) is 12.5. The summed E-state index contributed by atoms with van der Waals surface area (Å²) in [4.78, 5) is 41.2. The van der Waals surface area contributed by atoms with Crippen molar-refractivity contribution < 1.29 is 28.3 Å². The first-order valence-electron chi connectivity index (χ1n) is 14.4. The van der Waals surface area contributed by atoms with Crippen molar-refractivity contribution in [1.29, 1.82) is 5.41 Å². The molecule has 0 spiro atoms. The highest BCUT2D eigenvalue weighted by Gasteiger charge is 2.43. The lowest BCUT2D eigenvalue weighted by Crippen LogP contribution is -2.60. The van der Waals surface area contributed by atoms with Crippen LogP contribution in [0.15, 0.2) is 33.0 Å². The molecule has 43 heavy (non-hydrogen) atoms. The summed E-state index contributed by atoms with van der Waals surface area (Å²) in [5.74, 6) is 1.79. The molecule has 2 aliphatic rings. The quantitative estimate of drug-likeness (QED) is 0.337. The van der Waals surface area contributed by atoms with Gasteiger partial charge in [-0.15, -0.1) is 0 Å². The number of piperidine rings is 1. The van der Waals surface area contributed by atoms with Crippen LogP contribution in [0.1, 0.15) is 47.0 Å². The third-order valence-corrected chi connectivity index (χ3v) is 9.89. The number of aryl methyl sites for hydroxylation is 1. The summed E-state index contributed by atoms with van der Waals surface area (Å²) in [7, 11) is 3.45. The number of likely N-dealkylation sites (tertiary alicyclic amines) is 1. The molecule has 0 aliphatic carbocycles. The van der Waals surface area contributed by atoms with Crippen LogP contribution >= 0.6 is 27.7 Å². The number of likely N-dealkylation sites (N-methyl/N-ethyl adjacent to an activating group) is 1. The second kappa shape index (κ2) is 12.1. The largest absolute Gasteiger partial charge is 0.516 e. The average molecular weight is 678 g/mol. The van der Waals surface area contributed by atoms with E-state index in [1.165, 1.54) is 11.8 Å². The number of H-pyrrole nitrogens is 1. The van der Waals surface area contributed by atoms with E-state index in [4.69, 9.17) is 24.6 Å². The van der Waals surface area contributed by atoms with Gasteiger partial charge in [-0.3, -0.25) is 10.2 Å². The maximum Gasteiger partial charge on any atom is 0.516 e. The van der Waals surface area contributed by atoms with Gasteiger partial charge in [0.05, 0.1) is 20.4 Å². The summed E-state index contributed by atoms with van der Waals surface area (Å²) in [6, 6.07) is 3.24. The fourth-order valence-corrected chi connectivity index (χ4v) is 6.48. The third kappa shape index (κ3) is 6.86. The van der Waals surface area contributed by atoms with Crippen LogP contribution in [-0.4, -0.2) is 86.5 Å². The van der Waals surface area contributed by atoms with Crippen molar-refractivity contribution in [2.24, 2.45) is 5.92 Å². The molecule has 1 saturated heterocycles. The van der Waals surface area contributed by atoms with Crippen molar-refractivity contribution in [3.05, 3.63) is 28.4 Å². The predicted octanol–water partition coefficient (Wildman–Crippen LogP) is 4.91. The normalized spacial score (nSPS) is 16.5. The number of amides is 2. The molecule has 1 atom stereocenters. The van der Waals surface area contributed by atoms with Crippen LogP contribution in [-0.2, 0) is 16.1 Å². The summed E-state index contributed by atoms with van der Waals surface area (Å²) >= 11 is 5.04. The van der Waals surface area contributed by atoms with Gasteiger partial charge < -0.3 is 28.7 Å². The van der Waals surface area contributed by atoms with E-state index in [1.54, 1.807) is 27.3 Å². The second-order valence-corrected chi connectivity index (χ2v) is 14.4. The van der Waals surface area contributed by atoms with Gasteiger partial charge in [-0.25, -0.2) is 14.5 Å². The number of ether oxygens (including phenoxy) is 3. The lowest BCUT2D eigenvalue weighted by molar-refractivity contribution is -0.833. The first-order valence-corrected chi connectivity index (χ1v) is 16.0. The minimum Gasteiger partial charge on any atom is -0.454 e. The molecule has 1 fully saturated rings. The SMILES string of the molecule is C[C@H](C(=O)N1CCC(CCn2cnc(=N)c3[nH]c(Sc4cc5c(cc4Br)OCO5)nc32)CC1)[N+](C)(C)C(=O)OC(C)(C)C. The highest BCUT2D eigenvalue weighted by Crippen LogP contribution is 2.42. The van der Waals surface area contributed by atoms with Crippen LogP contribution in [0.25, 0.3) is 11.2 Å². The minimum atomic E-state index is -0.617. The van der Waals surface area contributed by atoms with Crippen molar-refractivity contribution in [2.45, 2.75) is 75.2 Å². The van der Waals surface area contributed by atoms with Gasteiger partial charge in [-0.2, -0.15) is 4.79 Å². The summed E-state index contributed by atoms with van der Waals surface area (Å²) in [5.41, 5.74) is 0.794. The Kier molecular flexibility index (Phi) is 8.83. The van der Waals surface area contributed by atoms with Gasteiger partial charge in [-0.1, -0.05) is 11.8 Å². The Morgan fingerprint density at radius 3 is 2.58 bits per heavy atom. The fourth-order valence-electron chi connectivity index (χ4n) is 5.10. The zero-order valence-electron chi connectivity index (χ0n) is 25.4. The topological polar surface area (TPSA) is 135 Å². The Morgan fingerprint density at radius 1 is 1.23 bits per heavy atom. The first-order chi connectivity index (χ1) is 20.2. The van der Waals surface area contributed by atoms with Crippen LogP contribution in [0.4, 0.5) is 4.79 Å². The number of quaternary nitrogens is 1. The van der Waals surface area contributed by atoms with Crippen LogP contribution in [0, 0.1) is 11.3 Å². The number of aromatic nitrogens is 4. The number of carbonyl (C=O) groups excluding carboxylic acids is 2. The zero-order chi connectivity index (χ0) is 31.1. The molecule has 3 aromatic rings. The summed E-state index contributed by atoms with van der Waals surface area (Å²) in [5, 5.41) is 8.97. The lowest BCUT2D eigenvalue weighted by Gasteiger charge is -2.38. The van der Waals surface area contributed by atoms with Gasteiger partial charge >= 0.3 is 6.09 Å². The highest BCUT2D eigenvalue weighted by atomic mass is 79.9. The Hall–Kier alpha value is -3.10. The Balaban J connectivity index is 1.19. The number of hydrogen-bond acceptors (Lipinski definition) is 9. The van der Waals surface area contributed by atoms with Gasteiger partial charge in [0.15, 0.2) is 33.8 Å². The molecule has 232 valence electrons. The molecule has 2 N–H and O–H groups in total. The van der Waals surface area contributed by atoms with Crippen LogP contribution in [0.3, 0.4) is 0 Å². The lowest BCUT2D eigenvalue weighted by atomic mass is 9.93. The zero-order valence-corrected chi connectivity index (χ0v) is 27.8. The number of hydrogen-bond donors (Lipinski definition) is 2. The molecule has 2 aliphatic heterocycles. The summed E-state index contributed by atoms with van der Waals surface area (Å²) in [6.45, 7) is 9.48. The van der Waals surface area contributed by atoms with E-state index in [9.17, 15) is 9.59 Å². The van der Waals surface area contributed by atoms with Crippen molar-refractivity contribution in [3.63, 3.8) is 0 Å². The maximum atomic E-state index is 13.3. The number of nitrogens with one attached hydrogen (secondary N) is 2. The van der Waals surface area contributed by atoms with Crippen LogP contribution in [0.5, 0.6) is 11.5 Å². The molecular formula is C29H39BrN7O5S+. The van der Waals surface area contributed by atoms with Crippen LogP contribution < -0.4 is 15.0 Å². The van der Waals surface area contributed by atoms with E-state index in [0.29, 0.717) is 53.4 Å². The highest BCUT2D eigenvalue weighted by molar-refractivity contribution is 9.10. The molecule has 5 rings (SSSR count). The number of imidazole rings is 1. The number of aromatic amines is 1. The van der Waals surface area contributed by atoms with Crippen molar-refractivity contribution >= 4 is 50.9 Å². The van der Waals surface area contributed by atoms with Gasteiger partial charge in [0.2, 0.25) is 6.79 Å². The molecule has 2 aromatic heterocycles. The fraction of sp³-hybridized carbons (Fsp3) is 0.552. The average Bonchev–Trinajstić information content (AvgIpc) is 3.58. The van der Waals surface area contributed by atoms with Gasteiger partial charge in [0.25, 0.3) is 5.91 Å². The maximum absolute atomic E-state index is 13.3. The first kappa shape index (κ1) is 31.3. The smallest absolute Gasteiger partial charge is 0.454 e. The van der Waals surface area contributed by atoms with E-state index in [0.717, 1.165) is 28.6 Å². The molecule has 12 nitrogen and oxygen atoms in total.